The molecule has 0 aliphatic carbocycles. The zero-order valence-corrected chi connectivity index (χ0v) is 13.5. The molecule has 1 heterocycles. The fourth-order valence-corrected chi connectivity index (χ4v) is 2.42. The van der Waals surface area contributed by atoms with Crippen molar-refractivity contribution >= 4 is 11.8 Å². The summed E-state index contributed by atoms with van der Waals surface area (Å²) < 4.78 is 29.3. The van der Waals surface area contributed by atoms with Crippen LogP contribution in [0.15, 0.2) is 42.5 Å². The second-order valence-corrected chi connectivity index (χ2v) is 5.53. The lowest BCUT2D eigenvalue weighted by molar-refractivity contribution is -0.144. The molecule has 25 heavy (non-hydrogen) atoms. The predicted octanol–water partition coefficient (Wildman–Crippen LogP) is 3.30. The zero-order valence-electron chi connectivity index (χ0n) is 13.5. The van der Waals surface area contributed by atoms with Crippen LogP contribution in [0.1, 0.15) is 28.8 Å². The van der Waals surface area contributed by atoms with Crippen LogP contribution >= 0.6 is 0 Å². The number of benzene rings is 2. The summed E-state index contributed by atoms with van der Waals surface area (Å²) in [5.41, 5.74) is 0.750. The second-order valence-electron chi connectivity index (χ2n) is 5.53. The molecule has 0 saturated heterocycles. The molecule has 3 rings (SSSR count). The van der Waals surface area contributed by atoms with Gasteiger partial charge in [0.05, 0.1) is 6.42 Å². The van der Waals surface area contributed by atoms with E-state index in [0.717, 1.165) is 0 Å². The minimum Gasteiger partial charge on any atom is -0.486 e. The van der Waals surface area contributed by atoms with Crippen molar-refractivity contribution in [2.24, 2.45) is 0 Å². The van der Waals surface area contributed by atoms with Crippen LogP contribution in [0.4, 0.5) is 4.39 Å². The topological polar surface area (TPSA) is 61.8 Å². The first-order valence-electron chi connectivity index (χ1n) is 7.95. The number of hydrogen-bond donors (Lipinski definition) is 0. The van der Waals surface area contributed by atoms with Crippen molar-refractivity contribution in [1.29, 1.82) is 0 Å². The van der Waals surface area contributed by atoms with Crippen LogP contribution in [0.5, 0.6) is 11.5 Å². The third-order valence-corrected chi connectivity index (χ3v) is 3.77. The Hall–Kier alpha value is -2.89. The average molecular weight is 344 g/mol. The van der Waals surface area contributed by atoms with E-state index in [0.29, 0.717) is 35.8 Å². The lowest BCUT2D eigenvalue weighted by Crippen LogP contribution is -2.16. The molecule has 1 aliphatic heterocycles. The highest BCUT2D eigenvalue weighted by Crippen LogP contribution is 2.31. The Balaban J connectivity index is 1.50. The SMILES string of the molecule is O=C(CCC(=O)c1ccc2c(c1)OCCO2)OCc1ccccc1F. The highest BCUT2D eigenvalue weighted by molar-refractivity contribution is 5.98. The normalized spacial score (nSPS) is 12.5. The van der Waals surface area contributed by atoms with E-state index < -0.39 is 11.8 Å². The fourth-order valence-electron chi connectivity index (χ4n) is 2.42. The number of ketones is 1. The van der Waals surface area contributed by atoms with Gasteiger partial charge in [-0.15, -0.1) is 0 Å². The maximum atomic E-state index is 13.4. The Morgan fingerprint density at radius 3 is 2.56 bits per heavy atom. The maximum absolute atomic E-state index is 13.4. The molecule has 0 spiro atoms. The summed E-state index contributed by atoms with van der Waals surface area (Å²) in [7, 11) is 0. The number of hydrogen-bond acceptors (Lipinski definition) is 5. The van der Waals surface area contributed by atoms with Gasteiger partial charge < -0.3 is 14.2 Å². The molecule has 1 aliphatic rings. The Kier molecular flexibility index (Phi) is 5.28. The van der Waals surface area contributed by atoms with Gasteiger partial charge in [-0.25, -0.2) is 4.39 Å². The number of halogens is 1. The van der Waals surface area contributed by atoms with Gasteiger partial charge in [0.15, 0.2) is 17.3 Å². The average Bonchev–Trinajstić information content (AvgIpc) is 2.65. The van der Waals surface area contributed by atoms with E-state index in [1.165, 1.54) is 6.07 Å². The molecule has 0 bridgehead atoms. The summed E-state index contributed by atoms with van der Waals surface area (Å²) in [6.45, 7) is 0.769. The Morgan fingerprint density at radius 1 is 1.00 bits per heavy atom. The zero-order chi connectivity index (χ0) is 17.6. The molecule has 0 aromatic heterocycles. The van der Waals surface area contributed by atoms with E-state index in [-0.39, 0.29) is 25.2 Å². The Morgan fingerprint density at radius 2 is 1.76 bits per heavy atom. The van der Waals surface area contributed by atoms with Crippen LogP contribution in [-0.2, 0) is 16.1 Å². The summed E-state index contributed by atoms with van der Waals surface area (Å²) >= 11 is 0. The summed E-state index contributed by atoms with van der Waals surface area (Å²) in [6, 6.07) is 11.0. The number of fused-ring (bicyclic) bond motifs is 1. The Labute approximate surface area is 144 Å². The molecular weight excluding hydrogens is 327 g/mol. The number of Topliss-reactive ketones (excluding diaryl/α,β-unsaturated/α-hetero) is 1. The molecule has 0 radical (unpaired) electrons. The first-order valence-corrected chi connectivity index (χ1v) is 7.95. The van der Waals surface area contributed by atoms with Gasteiger partial charge in [-0.1, -0.05) is 18.2 Å². The van der Waals surface area contributed by atoms with Crippen LogP contribution in [0.3, 0.4) is 0 Å². The summed E-state index contributed by atoms with van der Waals surface area (Å²) in [5, 5.41) is 0. The third-order valence-electron chi connectivity index (χ3n) is 3.77. The summed E-state index contributed by atoms with van der Waals surface area (Å²) in [5.74, 6) is -0.0389. The monoisotopic (exact) mass is 344 g/mol. The van der Waals surface area contributed by atoms with Crippen molar-refractivity contribution in [2.45, 2.75) is 19.4 Å². The number of carbonyl (C=O) groups excluding carboxylic acids is 2. The molecule has 2 aromatic rings. The lowest BCUT2D eigenvalue weighted by atomic mass is 10.1. The van der Waals surface area contributed by atoms with Gasteiger partial charge in [-0.3, -0.25) is 9.59 Å². The smallest absolute Gasteiger partial charge is 0.306 e. The fraction of sp³-hybridized carbons (Fsp3) is 0.263. The van der Waals surface area contributed by atoms with Crippen molar-refractivity contribution < 1.29 is 28.2 Å². The third kappa shape index (κ3) is 4.35. The number of esters is 1. The van der Waals surface area contributed by atoms with Crippen molar-refractivity contribution in [2.75, 3.05) is 13.2 Å². The van der Waals surface area contributed by atoms with E-state index in [2.05, 4.69) is 0 Å². The molecule has 0 saturated carbocycles. The number of ether oxygens (including phenoxy) is 3. The predicted molar refractivity (Wildman–Crippen MR) is 87.2 cm³/mol. The van der Waals surface area contributed by atoms with Gasteiger partial charge in [0, 0.05) is 17.5 Å². The van der Waals surface area contributed by atoms with Crippen LogP contribution in [0.2, 0.25) is 0 Å². The highest BCUT2D eigenvalue weighted by Gasteiger charge is 2.16. The minimum atomic E-state index is -0.547. The molecule has 0 unspecified atom stereocenters. The number of rotatable bonds is 6. The molecule has 0 amide bonds. The van der Waals surface area contributed by atoms with Gasteiger partial charge >= 0.3 is 5.97 Å². The second kappa shape index (κ2) is 7.79. The first-order chi connectivity index (χ1) is 12.1. The van der Waals surface area contributed by atoms with E-state index >= 15 is 0 Å². The first kappa shape index (κ1) is 17.0. The van der Waals surface area contributed by atoms with Gasteiger partial charge in [0.25, 0.3) is 0 Å². The standard InChI is InChI=1S/C19H17FO5/c20-15-4-2-1-3-14(15)12-25-19(22)8-6-16(21)13-5-7-17-18(11-13)24-10-9-23-17/h1-5,7,11H,6,8-10,12H2. The van der Waals surface area contributed by atoms with E-state index in [4.69, 9.17) is 14.2 Å². The van der Waals surface area contributed by atoms with Crippen LogP contribution in [-0.4, -0.2) is 25.0 Å². The number of carbonyl (C=O) groups is 2. The molecule has 6 heteroatoms. The lowest BCUT2D eigenvalue weighted by Gasteiger charge is -2.18. The molecule has 2 aromatic carbocycles. The van der Waals surface area contributed by atoms with Crippen LogP contribution in [0.25, 0.3) is 0 Å². The molecule has 0 fully saturated rings. The molecule has 0 N–H and O–H groups in total. The summed E-state index contributed by atoms with van der Waals surface area (Å²) in [6.07, 6.45) is -0.0581. The quantitative estimate of drug-likeness (QED) is 0.594. The minimum absolute atomic E-state index is 0.00967. The van der Waals surface area contributed by atoms with Crippen molar-refractivity contribution in [3.05, 3.63) is 59.4 Å². The summed E-state index contributed by atoms with van der Waals surface area (Å²) in [4.78, 5) is 24.0. The molecule has 0 atom stereocenters. The van der Waals surface area contributed by atoms with Crippen molar-refractivity contribution in [3.63, 3.8) is 0 Å². The molecular formula is C19H17FO5. The van der Waals surface area contributed by atoms with Gasteiger partial charge in [-0.2, -0.15) is 0 Å². The van der Waals surface area contributed by atoms with Crippen LogP contribution < -0.4 is 9.47 Å². The van der Waals surface area contributed by atoms with Gasteiger partial charge in [0.2, 0.25) is 0 Å². The van der Waals surface area contributed by atoms with Gasteiger partial charge in [-0.05, 0) is 24.3 Å². The maximum Gasteiger partial charge on any atom is 0.306 e. The van der Waals surface area contributed by atoms with Gasteiger partial charge in [0.1, 0.15) is 25.6 Å². The molecule has 130 valence electrons. The Bertz CT molecular complexity index is 787. The van der Waals surface area contributed by atoms with E-state index in [9.17, 15) is 14.0 Å². The van der Waals surface area contributed by atoms with Crippen molar-refractivity contribution in [3.8, 4) is 11.5 Å². The van der Waals surface area contributed by atoms with E-state index in [1.54, 1.807) is 36.4 Å². The highest BCUT2D eigenvalue weighted by atomic mass is 19.1. The molecule has 5 nitrogen and oxygen atoms in total. The van der Waals surface area contributed by atoms with Crippen LogP contribution in [0, 0.1) is 5.82 Å². The largest absolute Gasteiger partial charge is 0.486 e. The van der Waals surface area contributed by atoms with E-state index in [1.807, 2.05) is 0 Å². The van der Waals surface area contributed by atoms with Crippen molar-refractivity contribution in [1.82, 2.24) is 0 Å².